The van der Waals surface area contributed by atoms with Crippen LogP contribution in [-0.4, -0.2) is 24.7 Å². The van der Waals surface area contributed by atoms with Gasteiger partial charge in [-0.2, -0.15) is 0 Å². The molecule has 0 aromatic carbocycles. The maximum absolute atomic E-state index is 12.2. The van der Waals surface area contributed by atoms with Crippen molar-refractivity contribution in [2.45, 2.75) is 72.1 Å². The standard InChI is InChI=1S/C21H33NO2S/c1-20(2)8-6-14(13(10-20)12-22-5)18-17(19(23)24)15-11-21(3,4)9-7-16(15)25-18/h13-14,22H,6-12H2,1-5H3,(H,23,24)/t13-,14-/m1/s1. The lowest BCUT2D eigenvalue weighted by molar-refractivity contribution is 0.0691. The van der Waals surface area contributed by atoms with Crippen molar-refractivity contribution in [3.63, 3.8) is 0 Å². The molecule has 2 atom stereocenters. The summed E-state index contributed by atoms with van der Waals surface area (Å²) in [5.41, 5.74) is 2.39. The first-order chi connectivity index (χ1) is 11.6. The van der Waals surface area contributed by atoms with Gasteiger partial charge in [0.15, 0.2) is 0 Å². The molecule has 2 N–H and O–H groups in total. The van der Waals surface area contributed by atoms with Crippen LogP contribution in [-0.2, 0) is 12.8 Å². The quantitative estimate of drug-likeness (QED) is 0.783. The van der Waals surface area contributed by atoms with Gasteiger partial charge in [-0.3, -0.25) is 0 Å². The second kappa shape index (κ2) is 6.70. The van der Waals surface area contributed by atoms with Crippen molar-refractivity contribution in [2.24, 2.45) is 16.7 Å². The Balaban J connectivity index is 2.02. The zero-order valence-electron chi connectivity index (χ0n) is 16.4. The largest absolute Gasteiger partial charge is 0.478 e. The summed E-state index contributed by atoms with van der Waals surface area (Å²) < 4.78 is 0. The van der Waals surface area contributed by atoms with E-state index in [9.17, 15) is 9.90 Å². The summed E-state index contributed by atoms with van der Waals surface area (Å²) in [5.74, 6) is 0.212. The number of carboxylic acids is 1. The number of thiophene rings is 1. The number of hydrogen-bond acceptors (Lipinski definition) is 3. The van der Waals surface area contributed by atoms with E-state index in [1.807, 2.05) is 18.4 Å². The van der Waals surface area contributed by atoms with Gasteiger partial charge in [0.1, 0.15) is 0 Å². The first-order valence-corrected chi connectivity index (χ1v) is 10.5. The Hall–Kier alpha value is -0.870. The molecule has 1 fully saturated rings. The summed E-state index contributed by atoms with van der Waals surface area (Å²) in [5, 5.41) is 13.4. The van der Waals surface area contributed by atoms with Crippen LogP contribution in [0.4, 0.5) is 0 Å². The molecule has 0 spiro atoms. The van der Waals surface area contributed by atoms with Crippen LogP contribution in [0, 0.1) is 16.7 Å². The van der Waals surface area contributed by atoms with Crippen molar-refractivity contribution in [3.8, 4) is 0 Å². The van der Waals surface area contributed by atoms with Crippen molar-refractivity contribution >= 4 is 17.3 Å². The first-order valence-electron chi connectivity index (χ1n) is 9.66. The molecule has 0 aliphatic heterocycles. The maximum Gasteiger partial charge on any atom is 0.337 e. The van der Waals surface area contributed by atoms with E-state index in [1.54, 1.807) is 0 Å². The molecule has 1 aromatic rings. The first kappa shape index (κ1) is 18.9. The summed E-state index contributed by atoms with van der Waals surface area (Å²) in [7, 11) is 2.01. The number of carboxylic acid groups (broad SMARTS) is 1. The molecule has 25 heavy (non-hydrogen) atoms. The fourth-order valence-corrected chi connectivity index (χ4v) is 6.54. The van der Waals surface area contributed by atoms with Gasteiger partial charge in [0.05, 0.1) is 5.56 Å². The highest BCUT2D eigenvalue weighted by molar-refractivity contribution is 7.12. The fourth-order valence-electron chi connectivity index (χ4n) is 4.99. The number of nitrogens with one attached hydrogen (secondary N) is 1. The molecule has 0 bridgehead atoms. The van der Waals surface area contributed by atoms with Gasteiger partial charge in [0, 0.05) is 9.75 Å². The average molecular weight is 364 g/mol. The number of aromatic carboxylic acids is 1. The number of carbonyl (C=O) groups is 1. The molecule has 1 heterocycles. The summed E-state index contributed by atoms with van der Waals surface area (Å²) in [6.07, 6.45) is 6.59. The van der Waals surface area contributed by atoms with E-state index in [-0.39, 0.29) is 5.41 Å². The predicted molar refractivity (Wildman–Crippen MR) is 105 cm³/mol. The third-order valence-electron chi connectivity index (χ3n) is 6.33. The van der Waals surface area contributed by atoms with Crippen LogP contribution in [0.25, 0.3) is 0 Å². The number of rotatable bonds is 4. The zero-order valence-corrected chi connectivity index (χ0v) is 17.2. The van der Waals surface area contributed by atoms with Gasteiger partial charge in [-0.15, -0.1) is 11.3 Å². The van der Waals surface area contributed by atoms with Crippen molar-refractivity contribution in [3.05, 3.63) is 20.9 Å². The van der Waals surface area contributed by atoms with Crippen LogP contribution in [0.2, 0.25) is 0 Å². The lowest BCUT2D eigenvalue weighted by Gasteiger charge is -2.41. The van der Waals surface area contributed by atoms with Crippen LogP contribution in [0.3, 0.4) is 0 Å². The minimum absolute atomic E-state index is 0.217. The molecular formula is C21H33NO2S. The van der Waals surface area contributed by atoms with Gasteiger partial charge in [0.2, 0.25) is 0 Å². The summed E-state index contributed by atoms with van der Waals surface area (Å²) >= 11 is 1.82. The van der Waals surface area contributed by atoms with Gasteiger partial charge in [-0.1, -0.05) is 27.7 Å². The minimum atomic E-state index is -0.710. The molecular weight excluding hydrogens is 330 g/mol. The smallest absolute Gasteiger partial charge is 0.337 e. The van der Waals surface area contributed by atoms with Crippen molar-refractivity contribution in [1.29, 1.82) is 0 Å². The lowest BCUT2D eigenvalue weighted by Crippen LogP contribution is -2.34. The molecule has 3 nitrogen and oxygen atoms in total. The Labute approximate surface area is 156 Å². The van der Waals surface area contributed by atoms with E-state index in [1.165, 1.54) is 22.6 Å². The van der Waals surface area contributed by atoms with Crippen LogP contribution in [0.5, 0.6) is 0 Å². The molecule has 2 aliphatic carbocycles. The van der Waals surface area contributed by atoms with Gasteiger partial charge >= 0.3 is 5.97 Å². The van der Waals surface area contributed by atoms with E-state index >= 15 is 0 Å². The number of fused-ring (bicyclic) bond motifs is 1. The third kappa shape index (κ3) is 3.80. The Morgan fingerprint density at radius 1 is 1.24 bits per heavy atom. The Morgan fingerprint density at radius 2 is 1.96 bits per heavy atom. The number of hydrogen-bond donors (Lipinski definition) is 2. The van der Waals surface area contributed by atoms with E-state index < -0.39 is 5.97 Å². The van der Waals surface area contributed by atoms with Crippen LogP contribution >= 0.6 is 11.3 Å². The summed E-state index contributed by atoms with van der Waals surface area (Å²) in [6.45, 7) is 10.2. The Kier molecular flexibility index (Phi) is 5.06. The fraction of sp³-hybridized carbons (Fsp3) is 0.762. The molecule has 0 saturated heterocycles. The average Bonchev–Trinajstić information content (AvgIpc) is 2.84. The molecule has 3 rings (SSSR count). The van der Waals surface area contributed by atoms with E-state index in [0.29, 0.717) is 22.8 Å². The summed E-state index contributed by atoms with van der Waals surface area (Å²) in [4.78, 5) is 14.7. The van der Waals surface area contributed by atoms with Crippen LogP contribution in [0.1, 0.15) is 85.0 Å². The van der Waals surface area contributed by atoms with E-state index in [0.717, 1.165) is 37.8 Å². The minimum Gasteiger partial charge on any atom is -0.478 e. The van der Waals surface area contributed by atoms with Crippen LogP contribution < -0.4 is 5.32 Å². The van der Waals surface area contributed by atoms with Gasteiger partial charge in [-0.05, 0) is 80.3 Å². The van der Waals surface area contributed by atoms with E-state index in [4.69, 9.17) is 0 Å². The molecule has 4 heteroatoms. The second-order valence-corrected chi connectivity index (χ2v) is 10.9. The third-order valence-corrected chi connectivity index (χ3v) is 7.76. The monoisotopic (exact) mass is 363 g/mol. The van der Waals surface area contributed by atoms with Crippen LogP contribution in [0.15, 0.2) is 0 Å². The summed E-state index contributed by atoms with van der Waals surface area (Å²) in [6, 6.07) is 0. The highest BCUT2D eigenvalue weighted by atomic mass is 32.1. The molecule has 0 unspecified atom stereocenters. The molecule has 1 aromatic heterocycles. The SMILES string of the molecule is CNC[C@H]1CC(C)(C)CC[C@H]1c1sc2c(c1C(=O)O)CC(C)(C)CC2. The van der Waals surface area contributed by atoms with Gasteiger partial charge in [0.25, 0.3) is 0 Å². The van der Waals surface area contributed by atoms with Gasteiger partial charge in [-0.25, -0.2) is 4.79 Å². The molecule has 1 saturated carbocycles. The van der Waals surface area contributed by atoms with Crippen molar-refractivity contribution in [2.75, 3.05) is 13.6 Å². The van der Waals surface area contributed by atoms with Gasteiger partial charge < -0.3 is 10.4 Å². The highest BCUT2D eigenvalue weighted by Gasteiger charge is 2.40. The maximum atomic E-state index is 12.2. The normalized spacial score (nSPS) is 27.7. The highest BCUT2D eigenvalue weighted by Crippen LogP contribution is 2.51. The number of aryl methyl sites for hydroxylation is 1. The second-order valence-electron chi connectivity index (χ2n) is 9.72. The lowest BCUT2D eigenvalue weighted by atomic mass is 9.66. The van der Waals surface area contributed by atoms with Crippen molar-refractivity contribution < 1.29 is 9.90 Å². The Bertz CT molecular complexity index is 659. The molecule has 140 valence electrons. The topological polar surface area (TPSA) is 49.3 Å². The molecule has 0 radical (unpaired) electrons. The predicted octanol–water partition coefficient (Wildman–Crippen LogP) is 5.09. The molecule has 2 aliphatic rings. The van der Waals surface area contributed by atoms with E-state index in [2.05, 4.69) is 33.0 Å². The Morgan fingerprint density at radius 3 is 2.60 bits per heavy atom. The van der Waals surface area contributed by atoms with Crippen molar-refractivity contribution in [1.82, 2.24) is 5.32 Å². The molecule has 0 amide bonds. The zero-order chi connectivity index (χ0) is 18.4.